The molecule has 0 aliphatic heterocycles. The van der Waals surface area contributed by atoms with E-state index in [0.717, 1.165) is 0 Å². The van der Waals surface area contributed by atoms with E-state index in [1.807, 2.05) is 20.8 Å². The van der Waals surface area contributed by atoms with Crippen LogP contribution in [0.15, 0.2) is 0 Å². The normalized spacial score (nSPS) is 31.6. The molecule has 1 saturated carbocycles. The van der Waals surface area contributed by atoms with Gasteiger partial charge in [-0.25, -0.2) is 0 Å². The van der Waals surface area contributed by atoms with Crippen LogP contribution >= 0.6 is 0 Å². The number of carbonyl (C=O) groups excluding carboxylic acids is 1. The van der Waals surface area contributed by atoms with E-state index in [1.165, 1.54) is 0 Å². The SMILES string of the molecule is CCOCC1C(C(=O)[O-])C1(C)C. The van der Waals surface area contributed by atoms with Gasteiger partial charge in [-0.2, -0.15) is 0 Å². The Balaban J connectivity index is 2.43. The lowest BCUT2D eigenvalue weighted by Crippen LogP contribution is -2.26. The molecule has 0 aromatic rings. The third kappa shape index (κ3) is 1.46. The molecule has 0 saturated heterocycles. The van der Waals surface area contributed by atoms with Crippen molar-refractivity contribution in [2.45, 2.75) is 20.8 Å². The Morgan fingerprint density at radius 2 is 2.17 bits per heavy atom. The molecule has 0 aromatic heterocycles. The molecule has 0 heterocycles. The summed E-state index contributed by atoms with van der Waals surface area (Å²) in [4.78, 5) is 10.6. The van der Waals surface area contributed by atoms with Crippen LogP contribution < -0.4 is 5.11 Å². The van der Waals surface area contributed by atoms with Gasteiger partial charge in [0.25, 0.3) is 0 Å². The summed E-state index contributed by atoms with van der Waals surface area (Å²) in [6.45, 7) is 6.98. The van der Waals surface area contributed by atoms with E-state index in [9.17, 15) is 9.90 Å². The average Bonchev–Trinajstić information content (AvgIpc) is 2.49. The molecule has 0 bridgehead atoms. The molecule has 1 aliphatic carbocycles. The van der Waals surface area contributed by atoms with Crippen molar-refractivity contribution < 1.29 is 14.6 Å². The van der Waals surface area contributed by atoms with Crippen LogP contribution in [-0.4, -0.2) is 19.2 Å². The van der Waals surface area contributed by atoms with Crippen LogP contribution in [0.2, 0.25) is 0 Å². The first-order valence-electron chi connectivity index (χ1n) is 4.30. The van der Waals surface area contributed by atoms with Crippen molar-refractivity contribution >= 4 is 5.97 Å². The highest BCUT2D eigenvalue weighted by Gasteiger charge is 2.58. The number of carboxylic acid groups (broad SMARTS) is 1. The van der Waals surface area contributed by atoms with Gasteiger partial charge in [0.1, 0.15) is 0 Å². The van der Waals surface area contributed by atoms with E-state index in [2.05, 4.69) is 0 Å². The summed E-state index contributed by atoms with van der Waals surface area (Å²) in [6, 6.07) is 0. The Kier molecular flexibility index (Phi) is 2.42. The summed E-state index contributed by atoms with van der Waals surface area (Å²) in [5, 5.41) is 10.6. The first-order valence-corrected chi connectivity index (χ1v) is 4.30. The van der Waals surface area contributed by atoms with Crippen molar-refractivity contribution in [2.75, 3.05) is 13.2 Å². The van der Waals surface area contributed by atoms with Crippen LogP contribution in [0, 0.1) is 17.3 Å². The molecular weight excluding hydrogens is 156 g/mol. The Hall–Kier alpha value is -0.570. The monoisotopic (exact) mass is 171 g/mol. The molecule has 0 N–H and O–H groups in total. The van der Waals surface area contributed by atoms with Gasteiger partial charge in [0, 0.05) is 18.5 Å². The maximum Gasteiger partial charge on any atom is 0.0505 e. The number of carbonyl (C=O) groups is 1. The zero-order valence-corrected chi connectivity index (χ0v) is 7.79. The zero-order valence-electron chi connectivity index (χ0n) is 7.79. The van der Waals surface area contributed by atoms with Gasteiger partial charge >= 0.3 is 0 Å². The molecule has 2 unspecified atom stereocenters. The molecule has 2 atom stereocenters. The summed E-state index contributed by atoms with van der Waals surface area (Å²) in [7, 11) is 0. The minimum atomic E-state index is -0.940. The summed E-state index contributed by atoms with van der Waals surface area (Å²) < 4.78 is 5.18. The van der Waals surface area contributed by atoms with Crippen LogP contribution in [-0.2, 0) is 9.53 Å². The second kappa shape index (κ2) is 3.05. The molecule has 1 aliphatic rings. The number of hydrogen-bond acceptors (Lipinski definition) is 3. The number of rotatable bonds is 4. The molecule has 1 fully saturated rings. The van der Waals surface area contributed by atoms with Gasteiger partial charge in [0.05, 0.1) is 6.61 Å². The van der Waals surface area contributed by atoms with E-state index in [1.54, 1.807) is 0 Å². The van der Waals surface area contributed by atoms with Crippen LogP contribution in [0.5, 0.6) is 0 Å². The fourth-order valence-corrected chi connectivity index (χ4v) is 1.77. The topological polar surface area (TPSA) is 49.4 Å². The van der Waals surface area contributed by atoms with Gasteiger partial charge in [-0.3, -0.25) is 0 Å². The Morgan fingerprint density at radius 1 is 1.58 bits per heavy atom. The minimum Gasteiger partial charge on any atom is -0.550 e. The molecule has 3 nitrogen and oxygen atoms in total. The van der Waals surface area contributed by atoms with Crippen LogP contribution in [0.25, 0.3) is 0 Å². The molecule has 0 aromatic carbocycles. The predicted molar refractivity (Wildman–Crippen MR) is 42.3 cm³/mol. The van der Waals surface area contributed by atoms with Gasteiger partial charge in [-0.1, -0.05) is 13.8 Å². The van der Waals surface area contributed by atoms with Crippen LogP contribution in [0.4, 0.5) is 0 Å². The summed E-state index contributed by atoms with van der Waals surface area (Å²) in [5.41, 5.74) is -0.131. The van der Waals surface area contributed by atoms with Crippen molar-refractivity contribution in [3.8, 4) is 0 Å². The number of hydrogen-bond donors (Lipinski definition) is 0. The molecule has 0 radical (unpaired) electrons. The predicted octanol–water partition coefficient (Wildman–Crippen LogP) is 0.0450. The quantitative estimate of drug-likeness (QED) is 0.600. The summed E-state index contributed by atoms with van der Waals surface area (Å²) in [5.74, 6) is -1.11. The van der Waals surface area contributed by atoms with E-state index < -0.39 is 5.97 Å². The smallest absolute Gasteiger partial charge is 0.0505 e. The van der Waals surface area contributed by atoms with E-state index in [-0.39, 0.29) is 17.3 Å². The molecule has 70 valence electrons. The lowest BCUT2D eigenvalue weighted by atomic mass is 10.1. The highest BCUT2D eigenvalue weighted by molar-refractivity contribution is 5.73. The van der Waals surface area contributed by atoms with Gasteiger partial charge in [-0.15, -0.1) is 0 Å². The average molecular weight is 171 g/mol. The van der Waals surface area contributed by atoms with E-state index in [4.69, 9.17) is 4.74 Å². The van der Waals surface area contributed by atoms with Gasteiger partial charge in [-0.05, 0) is 18.3 Å². The van der Waals surface area contributed by atoms with Crippen molar-refractivity contribution in [1.82, 2.24) is 0 Å². The molecule has 0 spiro atoms. The van der Waals surface area contributed by atoms with Gasteiger partial charge in [0.2, 0.25) is 0 Å². The van der Waals surface area contributed by atoms with E-state index in [0.29, 0.717) is 13.2 Å². The maximum atomic E-state index is 10.6. The number of aliphatic carboxylic acids is 1. The number of ether oxygens (including phenoxy) is 1. The first-order chi connectivity index (χ1) is 5.51. The van der Waals surface area contributed by atoms with E-state index >= 15 is 0 Å². The number of carboxylic acids is 1. The van der Waals surface area contributed by atoms with Crippen LogP contribution in [0.1, 0.15) is 20.8 Å². The first kappa shape index (κ1) is 9.52. The van der Waals surface area contributed by atoms with Crippen molar-refractivity contribution in [3.63, 3.8) is 0 Å². The Bertz CT molecular complexity index is 186. The van der Waals surface area contributed by atoms with Crippen molar-refractivity contribution in [2.24, 2.45) is 17.3 Å². The standard InChI is InChI=1S/C9H16O3/c1-4-12-5-6-7(8(10)11)9(6,2)3/h6-7H,4-5H2,1-3H3,(H,10,11)/p-1. The third-order valence-corrected chi connectivity index (χ3v) is 2.81. The van der Waals surface area contributed by atoms with Crippen molar-refractivity contribution in [3.05, 3.63) is 0 Å². The molecule has 12 heavy (non-hydrogen) atoms. The molecule has 3 heteroatoms. The largest absolute Gasteiger partial charge is 0.550 e. The second-order valence-electron chi connectivity index (χ2n) is 3.88. The Labute approximate surface area is 72.7 Å². The fourth-order valence-electron chi connectivity index (χ4n) is 1.77. The molecular formula is C9H15O3-. The lowest BCUT2D eigenvalue weighted by molar-refractivity contribution is -0.309. The fraction of sp³-hybridized carbons (Fsp3) is 0.889. The van der Waals surface area contributed by atoms with Crippen LogP contribution in [0.3, 0.4) is 0 Å². The van der Waals surface area contributed by atoms with Crippen molar-refractivity contribution in [1.29, 1.82) is 0 Å². The summed E-state index contributed by atoms with van der Waals surface area (Å²) in [6.07, 6.45) is 0. The van der Waals surface area contributed by atoms with Gasteiger partial charge in [0.15, 0.2) is 0 Å². The highest BCUT2D eigenvalue weighted by atomic mass is 16.5. The highest BCUT2D eigenvalue weighted by Crippen LogP contribution is 2.57. The molecule has 0 amide bonds. The lowest BCUT2D eigenvalue weighted by Gasteiger charge is -2.01. The maximum absolute atomic E-state index is 10.6. The zero-order chi connectivity index (χ0) is 9.35. The summed E-state index contributed by atoms with van der Waals surface area (Å²) >= 11 is 0. The minimum absolute atomic E-state index is 0.131. The second-order valence-corrected chi connectivity index (χ2v) is 3.88. The van der Waals surface area contributed by atoms with Gasteiger partial charge < -0.3 is 14.6 Å². The molecule has 1 rings (SSSR count). The Morgan fingerprint density at radius 3 is 2.50 bits per heavy atom. The third-order valence-electron chi connectivity index (χ3n) is 2.81.